The molecule has 0 saturated heterocycles. The van der Waals surface area contributed by atoms with Crippen molar-refractivity contribution in [3.63, 3.8) is 0 Å². The topological polar surface area (TPSA) is 48.4 Å². The van der Waals surface area contributed by atoms with Gasteiger partial charge in [-0.05, 0) is 12.1 Å². The lowest BCUT2D eigenvalue weighted by atomic mass is 10.3. The molecule has 15 heavy (non-hydrogen) atoms. The molecule has 3 nitrogen and oxygen atoms in total. The molecule has 0 aliphatic carbocycles. The highest BCUT2D eigenvalue weighted by Crippen LogP contribution is 2.02. The third-order valence-corrected chi connectivity index (χ3v) is 2.63. The first-order chi connectivity index (χ1) is 7.24. The van der Waals surface area contributed by atoms with Crippen LogP contribution < -0.4 is 16.3 Å². The fourth-order valence-corrected chi connectivity index (χ4v) is 1.82. The predicted octanol–water partition coefficient (Wildman–Crippen LogP) is -0.0749. The molecule has 0 atom stereocenters. The molecule has 0 aliphatic heterocycles. The van der Waals surface area contributed by atoms with Crippen molar-refractivity contribution < 1.29 is 5.73 Å². The van der Waals surface area contributed by atoms with Crippen molar-refractivity contribution in [2.24, 2.45) is 0 Å². The number of hydrogen-bond acceptors (Lipinski definition) is 1. The zero-order valence-corrected chi connectivity index (χ0v) is 9.05. The Labute approximate surface area is 92.1 Å². The Morgan fingerprint density at radius 3 is 2.53 bits per heavy atom. The number of aromatic amines is 1. The van der Waals surface area contributed by atoms with Crippen LogP contribution in [0.25, 0.3) is 18.5 Å². The van der Waals surface area contributed by atoms with E-state index in [2.05, 4.69) is 17.4 Å². The summed E-state index contributed by atoms with van der Waals surface area (Å²) in [6, 6.07) is 9.87. The smallest absolute Gasteiger partial charge is 0.140 e. The second kappa shape index (κ2) is 3.84. The second-order valence-electron chi connectivity index (χ2n) is 3.18. The number of aromatic nitrogens is 2. The molecule has 0 amide bonds. The molecule has 0 saturated carbocycles. The van der Waals surface area contributed by atoms with E-state index in [0.29, 0.717) is 4.64 Å². The van der Waals surface area contributed by atoms with Gasteiger partial charge in [-0.3, -0.25) is 5.10 Å². The molecular weight excluding hydrogens is 206 g/mol. The van der Waals surface area contributed by atoms with Crippen molar-refractivity contribution in [3.8, 4) is 5.69 Å². The number of para-hydroxylation sites is 1. The van der Waals surface area contributed by atoms with E-state index in [1.807, 2.05) is 35.0 Å². The quantitative estimate of drug-likeness (QED) is 0.647. The van der Waals surface area contributed by atoms with Gasteiger partial charge in [0.05, 0.1) is 16.3 Å². The minimum Gasteiger partial charge on any atom is -0.331 e. The van der Waals surface area contributed by atoms with Crippen molar-refractivity contribution in [1.29, 1.82) is 0 Å². The van der Waals surface area contributed by atoms with Gasteiger partial charge in [0.25, 0.3) is 0 Å². The van der Waals surface area contributed by atoms with E-state index in [9.17, 15) is 0 Å². The summed E-state index contributed by atoms with van der Waals surface area (Å²) in [5.41, 5.74) is 4.72. The molecule has 0 radical (unpaired) electrons. The molecule has 2 rings (SSSR count). The van der Waals surface area contributed by atoms with Crippen LogP contribution in [-0.2, 0) is 0 Å². The Kier molecular flexibility index (Phi) is 2.53. The van der Waals surface area contributed by atoms with Crippen LogP contribution >= 0.6 is 12.2 Å². The fraction of sp³-hybridized carbons (Fsp3) is 0. The van der Waals surface area contributed by atoms with Crippen molar-refractivity contribution in [3.05, 3.63) is 45.5 Å². The van der Waals surface area contributed by atoms with Gasteiger partial charge in [-0.2, -0.15) is 0 Å². The van der Waals surface area contributed by atoms with Crippen molar-refractivity contribution in [2.45, 2.75) is 0 Å². The van der Waals surface area contributed by atoms with Crippen LogP contribution in [0.2, 0.25) is 0 Å². The Morgan fingerprint density at radius 1 is 1.33 bits per heavy atom. The van der Waals surface area contributed by atoms with Gasteiger partial charge < -0.3 is 5.73 Å². The lowest BCUT2D eigenvalue weighted by Crippen LogP contribution is -2.44. The molecule has 0 aliphatic rings. The molecule has 0 fully saturated rings. The lowest BCUT2D eigenvalue weighted by Gasteiger charge is -2.00. The molecule has 0 spiro atoms. The summed E-state index contributed by atoms with van der Waals surface area (Å²) in [5.74, 6) is 0. The zero-order chi connectivity index (χ0) is 10.8. The largest absolute Gasteiger partial charge is 0.331 e. The predicted molar refractivity (Wildman–Crippen MR) is 63.1 cm³/mol. The monoisotopic (exact) mass is 218 g/mol. The number of benzene rings is 1. The maximum Gasteiger partial charge on any atom is 0.140 e. The van der Waals surface area contributed by atoms with Gasteiger partial charge in [0.15, 0.2) is 0 Å². The van der Waals surface area contributed by atoms with Crippen LogP contribution in [-0.4, -0.2) is 9.78 Å². The zero-order valence-electron chi connectivity index (χ0n) is 8.23. The van der Waals surface area contributed by atoms with E-state index < -0.39 is 0 Å². The molecule has 1 aromatic carbocycles. The summed E-state index contributed by atoms with van der Waals surface area (Å²) in [5, 5.41) is 4.78. The van der Waals surface area contributed by atoms with Gasteiger partial charge in [-0.1, -0.05) is 37.0 Å². The third kappa shape index (κ3) is 1.65. The van der Waals surface area contributed by atoms with Crippen LogP contribution in [0.4, 0.5) is 0 Å². The lowest BCUT2D eigenvalue weighted by molar-refractivity contribution is -0.229. The summed E-state index contributed by atoms with van der Waals surface area (Å²) in [7, 11) is 0. The summed E-state index contributed by atoms with van der Waals surface area (Å²) in [6.07, 6.45) is 1.72. The van der Waals surface area contributed by atoms with E-state index in [1.54, 1.807) is 6.20 Å². The first-order valence-corrected chi connectivity index (χ1v) is 4.99. The van der Waals surface area contributed by atoms with Crippen LogP contribution in [0.1, 0.15) is 0 Å². The number of hydrogen-bond donors (Lipinski definition) is 2. The summed E-state index contributed by atoms with van der Waals surface area (Å²) in [6.45, 7) is 3.88. The number of nitrogens with zero attached hydrogens (tertiary/aromatic N) is 1. The average molecular weight is 218 g/mol. The average Bonchev–Trinajstić information content (AvgIpc) is 2.55. The Hall–Kier alpha value is -1.65. The standard InChI is InChI=1S/C11H11N3S/c1-8-10(7-12)11(15)14(13-8)9-5-3-2-4-6-9/h2-7,13H,1,12H2/p+1. The summed E-state index contributed by atoms with van der Waals surface area (Å²) >= 11 is 5.31. The molecule has 76 valence electrons. The van der Waals surface area contributed by atoms with E-state index in [4.69, 9.17) is 12.2 Å². The van der Waals surface area contributed by atoms with Gasteiger partial charge in [0.1, 0.15) is 10.8 Å². The first kappa shape index (κ1) is 9.89. The van der Waals surface area contributed by atoms with Gasteiger partial charge in [0.2, 0.25) is 0 Å². The molecule has 1 heterocycles. The fourth-order valence-electron chi connectivity index (χ4n) is 1.46. The van der Waals surface area contributed by atoms with Crippen molar-refractivity contribution >= 4 is 25.0 Å². The van der Waals surface area contributed by atoms with E-state index >= 15 is 0 Å². The summed E-state index contributed by atoms with van der Waals surface area (Å²) in [4.78, 5) is 0. The van der Waals surface area contributed by atoms with Gasteiger partial charge in [-0.15, -0.1) is 0 Å². The third-order valence-electron chi connectivity index (χ3n) is 2.22. The minimum absolute atomic E-state index is 0.709. The number of nitrogens with one attached hydrogen (secondary N) is 1. The van der Waals surface area contributed by atoms with E-state index in [1.165, 1.54) is 0 Å². The molecule has 1 aromatic heterocycles. The van der Waals surface area contributed by atoms with Crippen LogP contribution in [0, 0.1) is 4.64 Å². The highest BCUT2D eigenvalue weighted by molar-refractivity contribution is 7.71. The molecule has 2 aromatic rings. The SMILES string of the molecule is C=c1[nH]n(-c2ccccc2)c(=S)c1=C[NH3+]. The molecule has 0 unspecified atom stereocenters. The Balaban J connectivity index is 2.78. The van der Waals surface area contributed by atoms with Crippen molar-refractivity contribution in [1.82, 2.24) is 9.78 Å². The number of rotatable bonds is 1. The highest BCUT2D eigenvalue weighted by Gasteiger charge is 2.00. The van der Waals surface area contributed by atoms with Crippen LogP contribution in [0.5, 0.6) is 0 Å². The highest BCUT2D eigenvalue weighted by atomic mass is 32.1. The normalized spacial score (nSPS) is 11.9. The Bertz CT molecular complexity index is 622. The number of quaternary nitrogens is 1. The maximum atomic E-state index is 5.31. The molecule has 4 heteroatoms. The van der Waals surface area contributed by atoms with Crippen LogP contribution in [0.15, 0.2) is 30.3 Å². The minimum atomic E-state index is 0.709. The van der Waals surface area contributed by atoms with Gasteiger partial charge in [-0.25, -0.2) is 4.68 Å². The first-order valence-electron chi connectivity index (χ1n) is 4.59. The van der Waals surface area contributed by atoms with Crippen molar-refractivity contribution in [2.75, 3.05) is 0 Å². The molecule has 4 N–H and O–H groups in total. The maximum absolute atomic E-state index is 5.31. The van der Waals surface area contributed by atoms with Gasteiger partial charge >= 0.3 is 0 Å². The second-order valence-corrected chi connectivity index (χ2v) is 3.57. The van der Waals surface area contributed by atoms with E-state index in [0.717, 1.165) is 16.3 Å². The molecule has 0 bridgehead atoms. The molecular formula is C11H12N3S+. The Morgan fingerprint density at radius 2 is 2.00 bits per heavy atom. The van der Waals surface area contributed by atoms with Crippen LogP contribution in [0.3, 0.4) is 0 Å². The van der Waals surface area contributed by atoms with E-state index in [-0.39, 0.29) is 0 Å². The van der Waals surface area contributed by atoms with Gasteiger partial charge in [0, 0.05) is 0 Å². The number of H-pyrrole nitrogens is 1. The summed E-state index contributed by atoms with van der Waals surface area (Å²) < 4.78 is 2.54.